The molecule has 0 radical (unpaired) electrons. The van der Waals surface area contributed by atoms with Crippen molar-refractivity contribution >= 4 is 39.1 Å². The minimum Gasteiger partial charge on any atom is -0.462 e. The molecular weight excluding hydrogens is 492 g/mol. The van der Waals surface area contributed by atoms with Gasteiger partial charge < -0.3 is 10.1 Å². The number of para-hydroxylation sites is 1. The number of anilines is 1. The number of amides is 1. The first-order valence-corrected chi connectivity index (χ1v) is 14.3. The third kappa shape index (κ3) is 5.23. The molecule has 38 heavy (non-hydrogen) atoms. The SMILES string of the molecule is CCCOC(=O)c1c(NC(=O)c2cc(-c3ccc(C(C)C)cc3)nc3ccccc23)sc2c1CCC(C)C2. The van der Waals surface area contributed by atoms with Crippen molar-refractivity contribution in [1.82, 2.24) is 4.98 Å². The van der Waals surface area contributed by atoms with Crippen molar-refractivity contribution in [3.05, 3.63) is 81.7 Å². The Bertz CT molecular complexity index is 1490. The van der Waals surface area contributed by atoms with Crippen LogP contribution in [0.25, 0.3) is 22.2 Å². The zero-order valence-corrected chi connectivity index (χ0v) is 23.3. The molecule has 2 heterocycles. The molecule has 0 spiro atoms. The molecule has 196 valence electrons. The van der Waals surface area contributed by atoms with E-state index in [2.05, 4.69) is 50.4 Å². The summed E-state index contributed by atoms with van der Waals surface area (Å²) in [5.41, 5.74) is 5.81. The summed E-state index contributed by atoms with van der Waals surface area (Å²) in [6.45, 7) is 8.90. The molecule has 6 heteroatoms. The van der Waals surface area contributed by atoms with Crippen LogP contribution in [-0.2, 0) is 17.6 Å². The first kappa shape index (κ1) is 26.1. The van der Waals surface area contributed by atoms with Gasteiger partial charge in [0.2, 0.25) is 0 Å². The minimum atomic E-state index is -0.347. The van der Waals surface area contributed by atoms with E-state index in [0.29, 0.717) is 34.6 Å². The zero-order valence-electron chi connectivity index (χ0n) is 22.5. The van der Waals surface area contributed by atoms with Gasteiger partial charge in [0, 0.05) is 15.8 Å². The van der Waals surface area contributed by atoms with Crippen LogP contribution in [0.4, 0.5) is 5.00 Å². The van der Waals surface area contributed by atoms with E-state index < -0.39 is 0 Å². The number of rotatable bonds is 7. The number of aromatic nitrogens is 1. The van der Waals surface area contributed by atoms with Gasteiger partial charge in [-0.05, 0) is 60.8 Å². The number of nitrogens with zero attached hydrogens (tertiary/aromatic N) is 1. The lowest BCUT2D eigenvalue weighted by atomic mass is 9.88. The van der Waals surface area contributed by atoms with Crippen LogP contribution < -0.4 is 5.32 Å². The lowest BCUT2D eigenvalue weighted by Crippen LogP contribution is -2.17. The standard InChI is InChI=1S/C32H34N2O3S/c1-5-16-37-32(36)29-24-15-10-20(4)17-28(24)38-31(29)34-30(35)25-18-27(33-26-9-7-6-8-23(25)26)22-13-11-21(12-14-22)19(2)3/h6-9,11-14,18-20H,5,10,15-17H2,1-4H3,(H,34,35). The van der Waals surface area contributed by atoms with Gasteiger partial charge in [0.1, 0.15) is 5.00 Å². The third-order valence-corrected chi connectivity index (χ3v) is 8.38. The first-order valence-electron chi connectivity index (χ1n) is 13.5. The van der Waals surface area contributed by atoms with Crippen molar-refractivity contribution < 1.29 is 14.3 Å². The third-order valence-electron chi connectivity index (χ3n) is 7.21. The molecule has 1 N–H and O–H groups in total. The number of esters is 1. The second kappa shape index (κ2) is 11.1. The summed E-state index contributed by atoms with van der Waals surface area (Å²) in [6.07, 6.45) is 3.52. The Balaban J connectivity index is 1.54. The molecule has 1 amide bonds. The normalized spacial score (nSPS) is 14.9. The van der Waals surface area contributed by atoms with Gasteiger partial charge in [-0.3, -0.25) is 4.79 Å². The summed E-state index contributed by atoms with van der Waals surface area (Å²) in [7, 11) is 0. The van der Waals surface area contributed by atoms with Gasteiger partial charge in [-0.1, -0.05) is 70.2 Å². The Morgan fingerprint density at radius 1 is 1.13 bits per heavy atom. The molecule has 4 aromatic rings. The number of thiophene rings is 1. The van der Waals surface area contributed by atoms with Crippen LogP contribution in [0, 0.1) is 5.92 Å². The fourth-order valence-corrected chi connectivity index (χ4v) is 6.44. The Morgan fingerprint density at radius 2 is 1.89 bits per heavy atom. The molecule has 1 atom stereocenters. The largest absolute Gasteiger partial charge is 0.462 e. The fourth-order valence-electron chi connectivity index (χ4n) is 5.04. The van der Waals surface area contributed by atoms with E-state index in [1.54, 1.807) is 0 Å². The van der Waals surface area contributed by atoms with E-state index in [9.17, 15) is 9.59 Å². The highest BCUT2D eigenvalue weighted by molar-refractivity contribution is 7.17. The molecule has 1 unspecified atom stereocenters. The number of benzene rings is 2. The summed E-state index contributed by atoms with van der Waals surface area (Å²) in [6, 6.07) is 17.9. The molecule has 5 nitrogen and oxygen atoms in total. The van der Waals surface area contributed by atoms with Gasteiger partial charge >= 0.3 is 5.97 Å². The van der Waals surface area contributed by atoms with Gasteiger partial charge in [0.25, 0.3) is 5.91 Å². The summed E-state index contributed by atoms with van der Waals surface area (Å²) in [5, 5.41) is 4.46. The van der Waals surface area contributed by atoms with Crippen molar-refractivity contribution in [1.29, 1.82) is 0 Å². The van der Waals surface area contributed by atoms with E-state index in [4.69, 9.17) is 9.72 Å². The molecule has 1 aliphatic carbocycles. The van der Waals surface area contributed by atoms with Crippen LogP contribution in [-0.4, -0.2) is 23.5 Å². The summed E-state index contributed by atoms with van der Waals surface area (Å²) in [4.78, 5) is 33.0. The van der Waals surface area contributed by atoms with Crippen LogP contribution in [0.15, 0.2) is 54.6 Å². The van der Waals surface area contributed by atoms with Crippen LogP contribution in [0.1, 0.15) is 83.2 Å². The molecule has 0 saturated carbocycles. The van der Waals surface area contributed by atoms with Gasteiger partial charge in [-0.2, -0.15) is 0 Å². The first-order chi connectivity index (χ1) is 18.4. The van der Waals surface area contributed by atoms with E-state index in [0.717, 1.165) is 53.4 Å². The molecule has 0 fully saturated rings. The predicted octanol–water partition coefficient (Wildman–Crippen LogP) is 8.03. The van der Waals surface area contributed by atoms with Crippen molar-refractivity contribution in [3.8, 4) is 11.3 Å². The average molecular weight is 527 g/mol. The highest BCUT2D eigenvalue weighted by Crippen LogP contribution is 2.40. The second-order valence-corrected chi connectivity index (χ2v) is 11.6. The lowest BCUT2D eigenvalue weighted by molar-refractivity contribution is 0.0505. The lowest BCUT2D eigenvalue weighted by Gasteiger charge is -2.18. The number of hydrogen-bond acceptors (Lipinski definition) is 5. The molecule has 5 rings (SSSR count). The minimum absolute atomic E-state index is 0.250. The molecule has 2 aromatic heterocycles. The monoisotopic (exact) mass is 526 g/mol. The molecule has 0 saturated heterocycles. The number of fused-ring (bicyclic) bond motifs is 2. The summed E-state index contributed by atoms with van der Waals surface area (Å²) < 4.78 is 5.54. The average Bonchev–Trinajstić information content (AvgIpc) is 3.27. The van der Waals surface area contributed by atoms with Crippen molar-refractivity contribution in [2.75, 3.05) is 11.9 Å². The Kier molecular flexibility index (Phi) is 7.61. The van der Waals surface area contributed by atoms with E-state index >= 15 is 0 Å². The number of ether oxygens (including phenoxy) is 1. The maximum absolute atomic E-state index is 13.8. The fraction of sp³-hybridized carbons (Fsp3) is 0.344. The number of hydrogen-bond donors (Lipinski definition) is 1. The Labute approximate surface area is 228 Å². The van der Waals surface area contributed by atoms with Gasteiger partial charge in [0.15, 0.2) is 0 Å². The molecule has 0 aliphatic heterocycles. The number of carbonyl (C=O) groups excluding carboxylic acids is 2. The number of pyridine rings is 1. The molecule has 1 aliphatic rings. The zero-order chi connectivity index (χ0) is 26.8. The summed E-state index contributed by atoms with van der Waals surface area (Å²) >= 11 is 1.51. The van der Waals surface area contributed by atoms with E-state index in [1.807, 2.05) is 37.3 Å². The van der Waals surface area contributed by atoms with Gasteiger partial charge in [0.05, 0.1) is 28.9 Å². The van der Waals surface area contributed by atoms with Crippen molar-refractivity contribution in [3.63, 3.8) is 0 Å². The number of nitrogens with one attached hydrogen (secondary N) is 1. The highest BCUT2D eigenvalue weighted by atomic mass is 32.1. The summed E-state index contributed by atoms with van der Waals surface area (Å²) in [5.74, 6) is 0.394. The molecule has 2 aromatic carbocycles. The number of carbonyl (C=O) groups is 2. The Morgan fingerprint density at radius 3 is 2.63 bits per heavy atom. The second-order valence-electron chi connectivity index (χ2n) is 10.5. The van der Waals surface area contributed by atoms with E-state index in [1.165, 1.54) is 21.8 Å². The van der Waals surface area contributed by atoms with Crippen LogP contribution in [0.5, 0.6) is 0 Å². The van der Waals surface area contributed by atoms with Crippen LogP contribution in [0.3, 0.4) is 0 Å². The maximum atomic E-state index is 13.8. The van der Waals surface area contributed by atoms with Gasteiger partial charge in [-0.25, -0.2) is 9.78 Å². The van der Waals surface area contributed by atoms with Gasteiger partial charge in [-0.15, -0.1) is 11.3 Å². The maximum Gasteiger partial charge on any atom is 0.341 e. The predicted molar refractivity (Wildman–Crippen MR) is 155 cm³/mol. The highest BCUT2D eigenvalue weighted by Gasteiger charge is 2.29. The van der Waals surface area contributed by atoms with Crippen molar-refractivity contribution in [2.45, 2.75) is 59.3 Å². The quantitative estimate of drug-likeness (QED) is 0.248. The van der Waals surface area contributed by atoms with Crippen LogP contribution in [0.2, 0.25) is 0 Å². The van der Waals surface area contributed by atoms with Crippen LogP contribution >= 0.6 is 11.3 Å². The van der Waals surface area contributed by atoms with E-state index in [-0.39, 0.29) is 11.9 Å². The smallest absolute Gasteiger partial charge is 0.341 e. The van der Waals surface area contributed by atoms with Crippen molar-refractivity contribution in [2.24, 2.45) is 5.92 Å². The topological polar surface area (TPSA) is 68.3 Å². The molecular formula is C32H34N2O3S. The Hall–Kier alpha value is -3.51. The molecule has 0 bridgehead atoms.